The molecule has 1 aromatic carbocycles. The number of benzene rings is 1. The molecule has 1 aromatic rings. The highest BCUT2D eigenvalue weighted by Gasteiger charge is 2.20. The van der Waals surface area contributed by atoms with Gasteiger partial charge in [0.1, 0.15) is 0 Å². The summed E-state index contributed by atoms with van der Waals surface area (Å²) in [4.78, 5) is 12.0. The van der Waals surface area contributed by atoms with Crippen molar-refractivity contribution in [3.05, 3.63) is 27.2 Å². The lowest BCUT2D eigenvalue weighted by molar-refractivity contribution is 0.0933. The Morgan fingerprint density at radius 2 is 2.05 bits per heavy atom. The molecule has 5 nitrogen and oxygen atoms in total. The van der Waals surface area contributed by atoms with Gasteiger partial charge in [0.25, 0.3) is 5.91 Å². The standard InChI is InChI=1S/C13H18BrClN2O3S/c1-3-5-9(4-2)17-13(18)8-6-10(15)12(14)11(7-8)21(16,19)20/h6-7,9H,3-5H2,1-2H3,(H,17,18)(H2,16,19,20). The number of nitrogens with one attached hydrogen (secondary N) is 1. The molecule has 1 atom stereocenters. The van der Waals surface area contributed by atoms with Crippen molar-refractivity contribution in [1.82, 2.24) is 5.32 Å². The van der Waals surface area contributed by atoms with E-state index in [1.165, 1.54) is 12.1 Å². The Kier molecular flexibility index (Phi) is 6.65. The normalized spacial score (nSPS) is 13.0. The van der Waals surface area contributed by atoms with E-state index in [4.69, 9.17) is 16.7 Å². The monoisotopic (exact) mass is 396 g/mol. The van der Waals surface area contributed by atoms with Crippen LogP contribution < -0.4 is 10.5 Å². The van der Waals surface area contributed by atoms with Gasteiger partial charge < -0.3 is 5.32 Å². The lowest BCUT2D eigenvalue weighted by atomic mass is 10.1. The number of amides is 1. The zero-order valence-electron chi connectivity index (χ0n) is 11.8. The second-order valence-corrected chi connectivity index (χ2v) is 7.41. The Hall–Kier alpha value is -0.630. The third-order valence-corrected chi connectivity index (χ3v) is 5.61. The van der Waals surface area contributed by atoms with Crippen molar-refractivity contribution in [2.24, 2.45) is 5.14 Å². The van der Waals surface area contributed by atoms with Gasteiger partial charge in [0.15, 0.2) is 0 Å². The predicted molar refractivity (Wildman–Crippen MR) is 87.0 cm³/mol. The number of rotatable bonds is 6. The summed E-state index contributed by atoms with van der Waals surface area (Å²) in [7, 11) is -3.97. The number of nitrogens with two attached hydrogens (primary N) is 1. The van der Waals surface area contributed by atoms with E-state index >= 15 is 0 Å². The van der Waals surface area contributed by atoms with Crippen LogP contribution in [0.25, 0.3) is 0 Å². The van der Waals surface area contributed by atoms with Crippen LogP contribution in [-0.4, -0.2) is 20.4 Å². The number of sulfonamides is 1. The topological polar surface area (TPSA) is 89.3 Å². The van der Waals surface area contributed by atoms with Gasteiger partial charge in [0.2, 0.25) is 10.0 Å². The smallest absolute Gasteiger partial charge is 0.251 e. The fourth-order valence-corrected chi connectivity index (χ4v) is 3.73. The van der Waals surface area contributed by atoms with E-state index in [2.05, 4.69) is 21.2 Å². The second-order valence-electron chi connectivity index (χ2n) is 4.68. The molecule has 0 bridgehead atoms. The van der Waals surface area contributed by atoms with Crippen LogP contribution in [0.4, 0.5) is 0 Å². The van der Waals surface area contributed by atoms with Crippen molar-refractivity contribution >= 4 is 43.5 Å². The summed E-state index contributed by atoms with van der Waals surface area (Å²) >= 11 is 9.02. The van der Waals surface area contributed by atoms with Gasteiger partial charge in [-0.15, -0.1) is 0 Å². The second kappa shape index (κ2) is 7.58. The summed E-state index contributed by atoms with van der Waals surface area (Å²) in [5.74, 6) is -0.366. The Bertz CT molecular complexity index is 635. The molecule has 3 N–H and O–H groups in total. The summed E-state index contributed by atoms with van der Waals surface area (Å²) in [5, 5.41) is 8.10. The van der Waals surface area contributed by atoms with Gasteiger partial charge in [-0.3, -0.25) is 4.79 Å². The van der Waals surface area contributed by atoms with Crippen molar-refractivity contribution < 1.29 is 13.2 Å². The van der Waals surface area contributed by atoms with Crippen LogP contribution in [0.3, 0.4) is 0 Å². The molecule has 0 radical (unpaired) electrons. The zero-order valence-corrected chi connectivity index (χ0v) is 15.0. The van der Waals surface area contributed by atoms with Crippen LogP contribution in [-0.2, 0) is 10.0 Å². The van der Waals surface area contributed by atoms with Gasteiger partial charge in [0, 0.05) is 11.6 Å². The molecule has 1 unspecified atom stereocenters. The van der Waals surface area contributed by atoms with Crippen LogP contribution in [0, 0.1) is 0 Å². The molecule has 0 aromatic heterocycles. The van der Waals surface area contributed by atoms with Crippen LogP contribution in [0.2, 0.25) is 5.02 Å². The minimum atomic E-state index is -3.97. The number of carbonyl (C=O) groups excluding carboxylic acids is 1. The number of hydrogen-bond donors (Lipinski definition) is 2. The molecule has 0 aliphatic carbocycles. The van der Waals surface area contributed by atoms with E-state index in [1.807, 2.05) is 13.8 Å². The first-order valence-electron chi connectivity index (χ1n) is 6.53. The van der Waals surface area contributed by atoms with Gasteiger partial charge in [-0.2, -0.15) is 0 Å². The molecule has 118 valence electrons. The first-order valence-corrected chi connectivity index (χ1v) is 9.25. The van der Waals surface area contributed by atoms with Gasteiger partial charge in [0.05, 0.1) is 14.4 Å². The lowest BCUT2D eigenvalue weighted by Crippen LogP contribution is -2.34. The van der Waals surface area contributed by atoms with Gasteiger partial charge in [-0.05, 0) is 40.9 Å². The third-order valence-electron chi connectivity index (χ3n) is 3.03. The summed E-state index contributed by atoms with van der Waals surface area (Å²) in [5.41, 5.74) is 0.168. The van der Waals surface area contributed by atoms with Gasteiger partial charge >= 0.3 is 0 Å². The predicted octanol–water partition coefficient (Wildman–Crippen LogP) is 3.06. The number of hydrogen-bond acceptors (Lipinski definition) is 3. The zero-order chi connectivity index (χ0) is 16.2. The van der Waals surface area contributed by atoms with Crippen LogP contribution in [0.5, 0.6) is 0 Å². The van der Waals surface area contributed by atoms with Crippen molar-refractivity contribution in [3.8, 4) is 0 Å². The highest BCUT2D eigenvalue weighted by molar-refractivity contribution is 9.10. The molecule has 0 aliphatic rings. The maximum absolute atomic E-state index is 12.2. The fraction of sp³-hybridized carbons (Fsp3) is 0.462. The molecule has 8 heteroatoms. The average Bonchev–Trinajstić information content (AvgIpc) is 2.39. The van der Waals surface area contributed by atoms with Crippen molar-refractivity contribution in [2.75, 3.05) is 0 Å². The Morgan fingerprint density at radius 3 is 2.52 bits per heavy atom. The van der Waals surface area contributed by atoms with E-state index < -0.39 is 10.0 Å². The van der Waals surface area contributed by atoms with E-state index in [0.717, 1.165) is 19.3 Å². The van der Waals surface area contributed by atoms with E-state index in [9.17, 15) is 13.2 Å². The quantitative estimate of drug-likeness (QED) is 0.773. The molecule has 0 saturated carbocycles. The van der Waals surface area contributed by atoms with Gasteiger partial charge in [-0.1, -0.05) is 31.9 Å². The lowest BCUT2D eigenvalue weighted by Gasteiger charge is -2.16. The molecular formula is C13H18BrClN2O3S. The Labute approximate surface area is 138 Å². The van der Waals surface area contributed by atoms with Crippen molar-refractivity contribution in [3.63, 3.8) is 0 Å². The maximum Gasteiger partial charge on any atom is 0.251 e. The molecule has 1 rings (SSSR count). The minimum Gasteiger partial charge on any atom is -0.349 e. The maximum atomic E-state index is 12.2. The summed E-state index contributed by atoms with van der Waals surface area (Å²) in [6.07, 6.45) is 2.60. The molecule has 1 amide bonds. The summed E-state index contributed by atoms with van der Waals surface area (Å²) in [6, 6.07) is 2.68. The average molecular weight is 398 g/mol. The van der Waals surface area contributed by atoms with Crippen LogP contribution in [0.1, 0.15) is 43.5 Å². The largest absolute Gasteiger partial charge is 0.349 e. The number of primary sulfonamides is 1. The van der Waals surface area contributed by atoms with E-state index in [-0.39, 0.29) is 31.9 Å². The molecular weight excluding hydrogens is 380 g/mol. The van der Waals surface area contributed by atoms with Crippen LogP contribution >= 0.6 is 27.5 Å². The first kappa shape index (κ1) is 18.4. The Balaban J connectivity index is 3.14. The number of carbonyl (C=O) groups is 1. The minimum absolute atomic E-state index is 0.0443. The molecule has 0 saturated heterocycles. The first-order chi connectivity index (χ1) is 9.70. The fourth-order valence-electron chi connectivity index (χ4n) is 1.90. The molecule has 0 fully saturated rings. The molecule has 0 heterocycles. The highest BCUT2D eigenvalue weighted by Crippen LogP contribution is 2.30. The summed E-state index contributed by atoms with van der Waals surface area (Å²) in [6.45, 7) is 4.01. The van der Waals surface area contributed by atoms with E-state index in [1.54, 1.807) is 0 Å². The third kappa shape index (κ3) is 4.95. The SMILES string of the molecule is CCCC(CC)NC(=O)c1cc(Cl)c(Br)c(S(N)(=O)=O)c1. The van der Waals surface area contributed by atoms with Crippen LogP contribution in [0.15, 0.2) is 21.5 Å². The van der Waals surface area contributed by atoms with Crippen molar-refractivity contribution in [2.45, 2.75) is 44.0 Å². The molecule has 21 heavy (non-hydrogen) atoms. The van der Waals surface area contributed by atoms with E-state index in [0.29, 0.717) is 0 Å². The molecule has 0 aliphatic heterocycles. The number of halogens is 2. The van der Waals surface area contributed by atoms with Crippen molar-refractivity contribution in [1.29, 1.82) is 0 Å². The summed E-state index contributed by atoms with van der Waals surface area (Å²) < 4.78 is 23.2. The highest BCUT2D eigenvalue weighted by atomic mass is 79.9. The Morgan fingerprint density at radius 1 is 1.43 bits per heavy atom. The molecule has 0 spiro atoms. The van der Waals surface area contributed by atoms with Gasteiger partial charge in [-0.25, -0.2) is 13.6 Å².